The number of aryl methyl sites for hydroxylation is 1. The Bertz CT molecular complexity index is 359. The van der Waals surface area contributed by atoms with Crippen molar-refractivity contribution in [2.75, 3.05) is 13.1 Å². The highest BCUT2D eigenvalue weighted by atomic mass is 32.1. The molecular weight excluding hydrogens is 218 g/mol. The summed E-state index contributed by atoms with van der Waals surface area (Å²) >= 11 is 1.72. The minimum absolute atomic E-state index is 0.271. The van der Waals surface area contributed by atoms with Crippen LogP contribution in [0.5, 0.6) is 0 Å². The molecule has 1 aromatic heterocycles. The van der Waals surface area contributed by atoms with Crippen LogP contribution in [0.3, 0.4) is 0 Å². The van der Waals surface area contributed by atoms with Crippen LogP contribution in [0.2, 0.25) is 0 Å². The summed E-state index contributed by atoms with van der Waals surface area (Å²) in [4.78, 5) is 4.44. The Morgan fingerprint density at radius 1 is 1.56 bits per heavy atom. The summed E-state index contributed by atoms with van der Waals surface area (Å²) in [7, 11) is 0. The Kier molecular flexibility index (Phi) is 4.09. The molecule has 4 heteroatoms. The molecule has 0 saturated heterocycles. The van der Waals surface area contributed by atoms with Crippen LogP contribution in [0, 0.1) is 12.8 Å². The Labute approximate surface area is 101 Å². The Morgan fingerprint density at radius 2 is 2.44 bits per heavy atom. The zero-order valence-electron chi connectivity index (χ0n) is 9.65. The first-order chi connectivity index (χ1) is 7.74. The molecule has 0 bridgehead atoms. The van der Waals surface area contributed by atoms with E-state index in [1.807, 2.05) is 6.92 Å². The van der Waals surface area contributed by atoms with Gasteiger partial charge in [-0.3, -0.25) is 0 Å². The summed E-state index contributed by atoms with van der Waals surface area (Å²) in [5.41, 5.74) is 7.00. The van der Waals surface area contributed by atoms with Crippen molar-refractivity contribution >= 4 is 11.3 Å². The van der Waals surface area contributed by atoms with Gasteiger partial charge >= 0.3 is 0 Å². The molecule has 1 aliphatic carbocycles. The normalized spacial score (nSPS) is 24.1. The van der Waals surface area contributed by atoms with Gasteiger partial charge in [-0.25, -0.2) is 4.98 Å². The lowest BCUT2D eigenvalue weighted by Crippen LogP contribution is -2.25. The fourth-order valence-corrected chi connectivity index (χ4v) is 2.63. The van der Waals surface area contributed by atoms with E-state index in [2.05, 4.69) is 27.8 Å². The third-order valence-electron chi connectivity index (χ3n) is 2.84. The van der Waals surface area contributed by atoms with Gasteiger partial charge in [0.25, 0.3) is 0 Å². The van der Waals surface area contributed by atoms with E-state index in [4.69, 9.17) is 5.73 Å². The molecule has 2 rings (SSSR count). The average molecular weight is 237 g/mol. The highest BCUT2D eigenvalue weighted by molar-refractivity contribution is 7.09. The van der Waals surface area contributed by atoms with E-state index in [0.29, 0.717) is 5.92 Å². The lowest BCUT2D eigenvalue weighted by Gasteiger charge is -2.09. The molecule has 0 saturated carbocycles. The number of rotatable bonds is 5. The zero-order chi connectivity index (χ0) is 11.4. The third-order valence-corrected chi connectivity index (χ3v) is 3.66. The van der Waals surface area contributed by atoms with Gasteiger partial charge in [0.05, 0.1) is 10.7 Å². The molecule has 0 amide bonds. The van der Waals surface area contributed by atoms with Crippen LogP contribution in [-0.4, -0.2) is 24.1 Å². The molecule has 0 aromatic carbocycles. The number of aromatic nitrogens is 1. The second kappa shape index (κ2) is 5.57. The number of nitrogens with two attached hydrogens (primary N) is 1. The molecule has 0 radical (unpaired) electrons. The van der Waals surface area contributed by atoms with Crippen LogP contribution in [0.1, 0.15) is 17.1 Å². The zero-order valence-corrected chi connectivity index (χ0v) is 10.5. The van der Waals surface area contributed by atoms with Crippen LogP contribution in [0.15, 0.2) is 17.5 Å². The molecule has 16 heavy (non-hydrogen) atoms. The van der Waals surface area contributed by atoms with Crippen LogP contribution in [0.4, 0.5) is 0 Å². The fraction of sp³-hybridized carbons (Fsp3) is 0.583. The van der Waals surface area contributed by atoms with Crippen molar-refractivity contribution < 1.29 is 0 Å². The topological polar surface area (TPSA) is 50.9 Å². The van der Waals surface area contributed by atoms with E-state index in [9.17, 15) is 0 Å². The predicted octanol–water partition coefficient (Wildman–Crippen LogP) is 1.49. The average Bonchev–Trinajstić information content (AvgIpc) is 2.83. The number of hydrogen-bond acceptors (Lipinski definition) is 4. The maximum Gasteiger partial charge on any atom is 0.0897 e. The molecule has 0 aliphatic heterocycles. The second-order valence-electron chi connectivity index (χ2n) is 4.36. The van der Waals surface area contributed by atoms with E-state index in [1.165, 1.54) is 5.69 Å². The lowest BCUT2D eigenvalue weighted by atomic mass is 10.1. The van der Waals surface area contributed by atoms with E-state index < -0.39 is 0 Å². The van der Waals surface area contributed by atoms with Gasteiger partial charge in [0, 0.05) is 30.9 Å². The second-order valence-corrected chi connectivity index (χ2v) is 5.42. The van der Waals surface area contributed by atoms with Gasteiger partial charge < -0.3 is 11.1 Å². The SMILES string of the molecule is Cc1nc(CCNCC2C=CC(N)C2)cs1. The first-order valence-electron chi connectivity index (χ1n) is 5.79. The number of nitrogens with one attached hydrogen (secondary N) is 1. The van der Waals surface area contributed by atoms with Gasteiger partial charge in [-0.05, 0) is 19.3 Å². The van der Waals surface area contributed by atoms with Gasteiger partial charge in [0.15, 0.2) is 0 Å². The van der Waals surface area contributed by atoms with Crippen molar-refractivity contribution in [2.45, 2.75) is 25.8 Å². The summed E-state index contributed by atoms with van der Waals surface area (Å²) in [6, 6.07) is 0.271. The molecule has 1 aliphatic rings. The lowest BCUT2D eigenvalue weighted by molar-refractivity contribution is 0.529. The summed E-state index contributed by atoms with van der Waals surface area (Å²) in [5.74, 6) is 0.618. The fourth-order valence-electron chi connectivity index (χ4n) is 1.98. The molecular formula is C12H19N3S. The van der Waals surface area contributed by atoms with E-state index >= 15 is 0 Å². The summed E-state index contributed by atoms with van der Waals surface area (Å²) in [6.07, 6.45) is 6.44. The monoisotopic (exact) mass is 237 g/mol. The summed E-state index contributed by atoms with van der Waals surface area (Å²) in [5, 5.41) is 6.76. The maximum atomic E-state index is 5.80. The molecule has 3 N–H and O–H groups in total. The molecule has 2 atom stereocenters. The van der Waals surface area contributed by atoms with Crippen LogP contribution in [0.25, 0.3) is 0 Å². The molecule has 3 nitrogen and oxygen atoms in total. The number of hydrogen-bond donors (Lipinski definition) is 2. The van der Waals surface area contributed by atoms with Crippen molar-refractivity contribution in [1.82, 2.24) is 10.3 Å². The molecule has 0 spiro atoms. The highest BCUT2D eigenvalue weighted by Crippen LogP contribution is 2.15. The van der Waals surface area contributed by atoms with Gasteiger partial charge in [0.1, 0.15) is 0 Å². The third kappa shape index (κ3) is 3.40. The van der Waals surface area contributed by atoms with Gasteiger partial charge in [0.2, 0.25) is 0 Å². The van der Waals surface area contributed by atoms with Crippen LogP contribution in [-0.2, 0) is 6.42 Å². The largest absolute Gasteiger partial charge is 0.324 e. The number of nitrogens with zero attached hydrogens (tertiary/aromatic N) is 1. The molecule has 88 valence electrons. The molecule has 2 unspecified atom stereocenters. The Morgan fingerprint density at radius 3 is 3.06 bits per heavy atom. The first kappa shape index (κ1) is 11.8. The molecule has 1 aromatic rings. The van der Waals surface area contributed by atoms with Crippen molar-refractivity contribution in [3.05, 3.63) is 28.2 Å². The maximum absolute atomic E-state index is 5.80. The number of thiazole rings is 1. The van der Waals surface area contributed by atoms with Crippen LogP contribution < -0.4 is 11.1 Å². The summed E-state index contributed by atoms with van der Waals surface area (Å²) < 4.78 is 0. The minimum atomic E-state index is 0.271. The van der Waals surface area contributed by atoms with E-state index in [0.717, 1.165) is 30.9 Å². The van der Waals surface area contributed by atoms with Crippen LogP contribution >= 0.6 is 11.3 Å². The molecule has 0 fully saturated rings. The quantitative estimate of drug-likeness (QED) is 0.602. The smallest absolute Gasteiger partial charge is 0.0897 e. The minimum Gasteiger partial charge on any atom is -0.324 e. The predicted molar refractivity (Wildman–Crippen MR) is 68.6 cm³/mol. The Hall–Kier alpha value is -0.710. The van der Waals surface area contributed by atoms with Crippen molar-refractivity contribution in [2.24, 2.45) is 11.7 Å². The van der Waals surface area contributed by atoms with Crippen molar-refractivity contribution in [1.29, 1.82) is 0 Å². The highest BCUT2D eigenvalue weighted by Gasteiger charge is 2.14. The standard InChI is InChI=1S/C12H19N3S/c1-9-15-12(8-16-9)4-5-14-7-10-2-3-11(13)6-10/h2-3,8,10-11,14H,4-7,13H2,1H3. The first-order valence-corrected chi connectivity index (χ1v) is 6.67. The summed E-state index contributed by atoms with van der Waals surface area (Å²) in [6.45, 7) is 4.09. The van der Waals surface area contributed by atoms with E-state index in [1.54, 1.807) is 11.3 Å². The van der Waals surface area contributed by atoms with Crippen molar-refractivity contribution in [3.63, 3.8) is 0 Å². The van der Waals surface area contributed by atoms with Gasteiger partial charge in [-0.2, -0.15) is 0 Å². The Balaban J connectivity index is 1.60. The van der Waals surface area contributed by atoms with Crippen molar-refractivity contribution in [3.8, 4) is 0 Å². The van der Waals surface area contributed by atoms with E-state index in [-0.39, 0.29) is 6.04 Å². The van der Waals surface area contributed by atoms with Gasteiger partial charge in [-0.1, -0.05) is 12.2 Å². The molecule has 1 heterocycles. The van der Waals surface area contributed by atoms with Gasteiger partial charge in [-0.15, -0.1) is 11.3 Å².